The van der Waals surface area contributed by atoms with Crippen molar-refractivity contribution < 1.29 is 31.4 Å². The van der Waals surface area contributed by atoms with E-state index in [1.54, 1.807) is 0 Å². The molecule has 3 N–H and O–H groups in total. The van der Waals surface area contributed by atoms with Gasteiger partial charge in [-0.15, -0.1) is 0 Å². The van der Waals surface area contributed by atoms with Crippen molar-refractivity contribution >= 4 is 11.8 Å². The molecular formula is C9H7F6NOS. The Balaban J connectivity index is 3.09. The third-order valence-electron chi connectivity index (χ3n) is 1.92. The van der Waals surface area contributed by atoms with Crippen LogP contribution >= 0.6 is 11.8 Å². The summed E-state index contributed by atoms with van der Waals surface area (Å²) in [5.74, 6) is -0.800. The number of phenolic OH excluding ortho intramolecular Hbond substituents is 1. The fourth-order valence-electron chi connectivity index (χ4n) is 1.16. The number of phenols is 1. The molecule has 1 aromatic carbocycles. The molecule has 0 unspecified atom stereocenters. The Kier molecular flexibility index (Phi) is 4.06. The third kappa shape index (κ3) is 3.98. The number of benzene rings is 1. The minimum atomic E-state index is -4.85. The second-order valence-corrected chi connectivity index (χ2v) is 4.43. The van der Waals surface area contributed by atoms with Crippen molar-refractivity contribution in [1.29, 1.82) is 0 Å². The number of alkyl halides is 6. The zero-order valence-corrected chi connectivity index (χ0v) is 9.33. The summed E-state index contributed by atoms with van der Waals surface area (Å²) in [5, 5.41) is 9.20. The van der Waals surface area contributed by atoms with E-state index in [9.17, 15) is 31.4 Å². The molecule has 0 radical (unpaired) electrons. The lowest BCUT2D eigenvalue weighted by Crippen LogP contribution is -2.28. The van der Waals surface area contributed by atoms with Gasteiger partial charge < -0.3 is 10.8 Å². The molecule has 0 amide bonds. The van der Waals surface area contributed by atoms with E-state index >= 15 is 0 Å². The van der Waals surface area contributed by atoms with Crippen molar-refractivity contribution in [1.82, 2.24) is 0 Å². The van der Waals surface area contributed by atoms with Gasteiger partial charge in [-0.1, -0.05) is 0 Å². The zero-order valence-electron chi connectivity index (χ0n) is 8.51. The Hall–Kier alpha value is -1.09. The third-order valence-corrected chi connectivity index (χ3v) is 2.64. The van der Waals surface area contributed by atoms with Crippen LogP contribution in [0.5, 0.6) is 5.75 Å². The molecular weight excluding hydrogens is 284 g/mol. The SMILES string of the molecule is N[C@H](c1cc(SC(F)(F)F)ccc1O)C(F)(F)F. The van der Waals surface area contributed by atoms with Crippen LogP contribution in [0.25, 0.3) is 0 Å². The summed E-state index contributed by atoms with van der Waals surface area (Å²) in [6.07, 6.45) is -4.85. The van der Waals surface area contributed by atoms with Crippen molar-refractivity contribution in [2.75, 3.05) is 0 Å². The van der Waals surface area contributed by atoms with Crippen molar-refractivity contribution in [3.8, 4) is 5.75 Å². The molecule has 1 atom stereocenters. The molecule has 102 valence electrons. The quantitative estimate of drug-likeness (QED) is 0.647. The first-order valence-electron chi connectivity index (χ1n) is 4.41. The minimum absolute atomic E-state index is 0.477. The fourth-order valence-corrected chi connectivity index (χ4v) is 1.74. The van der Waals surface area contributed by atoms with Gasteiger partial charge >= 0.3 is 11.7 Å². The van der Waals surface area contributed by atoms with Crippen LogP contribution in [0.4, 0.5) is 26.3 Å². The number of hydrogen-bond acceptors (Lipinski definition) is 3. The second kappa shape index (κ2) is 4.88. The zero-order chi connectivity index (χ0) is 14.1. The summed E-state index contributed by atoms with van der Waals surface area (Å²) in [6, 6.07) is -0.355. The molecule has 0 saturated heterocycles. The molecule has 0 aromatic heterocycles. The standard InChI is InChI=1S/C9H7F6NOS/c10-8(11,12)7(16)5-3-4(1-2-6(5)17)18-9(13,14)15/h1-3,7,17H,16H2/t7-/m1/s1. The van der Waals surface area contributed by atoms with Gasteiger partial charge in [0.1, 0.15) is 11.8 Å². The van der Waals surface area contributed by atoms with Gasteiger partial charge in [-0.05, 0) is 30.0 Å². The van der Waals surface area contributed by atoms with E-state index in [0.29, 0.717) is 6.07 Å². The highest BCUT2D eigenvalue weighted by Gasteiger charge is 2.39. The molecule has 1 rings (SSSR count). The van der Waals surface area contributed by atoms with E-state index in [2.05, 4.69) is 0 Å². The first kappa shape index (κ1) is 15.0. The number of rotatable bonds is 2. The largest absolute Gasteiger partial charge is 0.508 e. The predicted octanol–water partition coefficient (Wildman–Crippen LogP) is 3.57. The van der Waals surface area contributed by atoms with Crippen molar-refractivity contribution in [3.05, 3.63) is 23.8 Å². The summed E-state index contributed by atoms with van der Waals surface area (Å²) in [6.45, 7) is 0. The molecule has 2 nitrogen and oxygen atoms in total. The van der Waals surface area contributed by atoms with Gasteiger partial charge in [-0.3, -0.25) is 0 Å². The average Bonchev–Trinajstić information content (AvgIpc) is 2.16. The molecule has 0 aliphatic rings. The smallest absolute Gasteiger partial charge is 0.446 e. The Morgan fingerprint density at radius 1 is 1.11 bits per heavy atom. The van der Waals surface area contributed by atoms with Crippen LogP contribution in [0.15, 0.2) is 23.1 Å². The Morgan fingerprint density at radius 2 is 1.67 bits per heavy atom. The maximum absolute atomic E-state index is 12.3. The summed E-state index contributed by atoms with van der Waals surface area (Å²) in [5.41, 5.74) is -0.593. The van der Waals surface area contributed by atoms with Crippen LogP contribution in [-0.4, -0.2) is 16.8 Å². The van der Waals surface area contributed by atoms with E-state index in [-0.39, 0.29) is 0 Å². The fraction of sp³-hybridized carbons (Fsp3) is 0.333. The number of nitrogens with two attached hydrogens (primary N) is 1. The lowest BCUT2D eigenvalue weighted by molar-refractivity contribution is -0.149. The molecule has 0 heterocycles. The molecule has 0 saturated carbocycles. The summed E-state index contributed by atoms with van der Waals surface area (Å²) in [4.78, 5) is -0.477. The number of halogens is 6. The highest BCUT2D eigenvalue weighted by atomic mass is 32.2. The Labute approximate surface area is 102 Å². The van der Waals surface area contributed by atoms with Crippen LogP contribution in [0.1, 0.15) is 11.6 Å². The highest BCUT2D eigenvalue weighted by Crippen LogP contribution is 2.41. The van der Waals surface area contributed by atoms with E-state index in [0.717, 1.165) is 12.1 Å². The maximum atomic E-state index is 12.3. The molecule has 0 fully saturated rings. The van der Waals surface area contributed by atoms with Crippen LogP contribution in [-0.2, 0) is 0 Å². The Bertz CT molecular complexity index is 430. The van der Waals surface area contributed by atoms with E-state index in [1.165, 1.54) is 0 Å². The van der Waals surface area contributed by atoms with Crippen LogP contribution < -0.4 is 5.73 Å². The molecule has 0 bridgehead atoms. The first-order valence-corrected chi connectivity index (χ1v) is 5.23. The highest BCUT2D eigenvalue weighted by molar-refractivity contribution is 8.00. The normalized spacial score (nSPS) is 14.6. The van der Waals surface area contributed by atoms with Gasteiger partial charge in [-0.2, -0.15) is 26.3 Å². The van der Waals surface area contributed by atoms with Crippen molar-refractivity contribution in [3.63, 3.8) is 0 Å². The minimum Gasteiger partial charge on any atom is -0.508 e. The van der Waals surface area contributed by atoms with Crippen LogP contribution in [0, 0.1) is 0 Å². The van der Waals surface area contributed by atoms with Gasteiger partial charge in [0.05, 0.1) is 0 Å². The Morgan fingerprint density at radius 3 is 2.11 bits per heavy atom. The average molecular weight is 291 g/mol. The number of aromatic hydroxyl groups is 1. The van der Waals surface area contributed by atoms with E-state index in [4.69, 9.17) is 5.73 Å². The van der Waals surface area contributed by atoms with Crippen LogP contribution in [0.2, 0.25) is 0 Å². The number of hydrogen-bond donors (Lipinski definition) is 2. The van der Waals surface area contributed by atoms with E-state index < -0.39 is 45.7 Å². The molecule has 1 aromatic rings. The van der Waals surface area contributed by atoms with Gasteiger partial charge in [0.15, 0.2) is 0 Å². The molecule has 0 aliphatic heterocycles. The topological polar surface area (TPSA) is 46.2 Å². The molecule has 0 spiro atoms. The number of thioether (sulfide) groups is 1. The lowest BCUT2D eigenvalue weighted by atomic mass is 10.1. The summed E-state index contributed by atoms with van der Waals surface area (Å²) in [7, 11) is 0. The summed E-state index contributed by atoms with van der Waals surface area (Å²) >= 11 is -0.582. The summed E-state index contributed by atoms with van der Waals surface area (Å²) < 4.78 is 73.1. The van der Waals surface area contributed by atoms with Gasteiger partial charge in [0.2, 0.25) is 0 Å². The monoisotopic (exact) mass is 291 g/mol. The van der Waals surface area contributed by atoms with E-state index in [1.807, 2.05) is 0 Å². The molecule has 0 aliphatic carbocycles. The van der Waals surface area contributed by atoms with Crippen molar-refractivity contribution in [2.45, 2.75) is 22.6 Å². The molecule has 18 heavy (non-hydrogen) atoms. The van der Waals surface area contributed by atoms with Gasteiger partial charge in [0, 0.05) is 10.5 Å². The van der Waals surface area contributed by atoms with Gasteiger partial charge in [-0.25, -0.2) is 0 Å². The maximum Gasteiger partial charge on any atom is 0.446 e. The first-order chi connectivity index (χ1) is 8.00. The molecule has 9 heteroatoms. The predicted molar refractivity (Wildman–Crippen MR) is 53.0 cm³/mol. The van der Waals surface area contributed by atoms with Crippen LogP contribution in [0.3, 0.4) is 0 Å². The van der Waals surface area contributed by atoms with Gasteiger partial charge in [0.25, 0.3) is 0 Å². The second-order valence-electron chi connectivity index (χ2n) is 3.29. The van der Waals surface area contributed by atoms with Crippen molar-refractivity contribution in [2.24, 2.45) is 5.73 Å². The lowest BCUT2D eigenvalue weighted by Gasteiger charge is -2.18.